The summed E-state index contributed by atoms with van der Waals surface area (Å²) in [5.41, 5.74) is -0.622. The smallest absolute Gasteiger partial charge is 0.408 e. The van der Waals surface area contributed by atoms with E-state index in [-0.39, 0.29) is 5.92 Å². The SMILES string of the molecule is CCC(C)[C@@H](NC(=O)OC(C)(C)C)C(=O)O. The number of hydrogen-bond donors (Lipinski definition) is 2. The first kappa shape index (κ1) is 14.7. The Bertz CT molecular complexity index is 257. The van der Waals surface area contributed by atoms with Gasteiger partial charge in [-0.25, -0.2) is 9.59 Å². The van der Waals surface area contributed by atoms with E-state index in [9.17, 15) is 9.59 Å². The van der Waals surface area contributed by atoms with Crippen molar-refractivity contribution in [1.29, 1.82) is 0 Å². The number of alkyl carbamates (subject to hydrolysis) is 1. The van der Waals surface area contributed by atoms with Crippen LogP contribution in [-0.2, 0) is 9.53 Å². The third-order valence-electron chi connectivity index (χ3n) is 2.15. The van der Waals surface area contributed by atoms with Crippen LogP contribution in [0.5, 0.6) is 0 Å². The quantitative estimate of drug-likeness (QED) is 0.776. The zero-order valence-electron chi connectivity index (χ0n) is 10.5. The number of carbonyl (C=O) groups excluding carboxylic acids is 1. The van der Waals surface area contributed by atoms with Gasteiger partial charge in [0.2, 0.25) is 0 Å². The maximum Gasteiger partial charge on any atom is 0.408 e. The van der Waals surface area contributed by atoms with Crippen LogP contribution in [0.15, 0.2) is 0 Å². The monoisotopic (exact) mass is 231 g/mol. The van der Waals surface area contributed by atoms with Crippen molar-refractivity contribution in [3.05, 3.63) is 0 Å². The van der Waals surface area contributed by atoms with Gasteiger partial charge in [-0.1, -0.05) is 20.3 Å². The van der Waals surface area contributed by atoms with Crippen molar-refractivity contribution < 1.29 is 19.4 Å². The Hall–Kier alpha value is -1.26. The highest BCUT2D eigenvalue weighted by Gasteiger charge is 2.27. The molecule has 0 fully saturated rings. The van der Waals surface area contributed by atoms with E-state index in [1.54, 1.807) is 27.7 Å². The Kier molecular flexibility index (Phi) is 5.27. The molecule has 0 saturated carbocycles. The van der Waals surface area contributed by atoms with Gasteiger partial charge in [-0.05, 0) is 26.7 Å². The van der Waals surface area contributed by atoms with Gasteiger partial charge in [-0.15, -0.1) is 0 Å². The number of carboxylic acids is 1. The minimum atomic E-state index is -1.04. The molecule has 0 aliphatic carbocycles. The molecule has 0 aromatic heterocycles. The lowest BCUT2D eigenvalue weighted by atomic mass is 10.00. The molecule has 16 heavy (non-hydrogen) atoms. The number of nitrogens with one attached hydrogen (secondary N) is 1. The fourth-order valence-corrected chi connectivity index (χ4v) is 1.12. The first-order valence-electron chi connectivity index (χ1n) is 5.39. The van der Waals surface area contributed by atoms with Crippen LogP contribution in [-0.4, -0.2) is 28.8 Å². The molecule has 5 nitrogen and oxygen atoms in total. The summed E-state index contributed by atoms with van der Waals surface area (Å²) in [6.45, 7) is 8.83. The van der Waals surface area contributed by atoms with Crippen LogP contribution < -0.4 is 5.32 Å². The highest BCUT2D eigenvalue weighted by molar-refractivity contribution is 5.80. The Balaban J connectivity index is 4.42. The second kappa shape index (κ2) is 5.72. The van der Waals surface area contributed by atoms with Gasteiger partial charge in [-0.2, -0.15) is 0 Å². The molecule has 0 heterocycles. The van der Waals surface area contributed by atoms with E-state index in [1.165, 1.54) is 0 Å². The summed E-state index contributed by atoms with van der Waals surface area (Å²) >= 11 is 0. The lowest BCUT2D eigenvalue weighted by molar-refractivity contribution is -0.140. The number of carboxylic acid groups (broad SMARTS) is 1. The van der Waals surface area contributed by atoms with E-state index in [0.717, 1.165) is 0 Å². The topological polar surface area (TPSA) is 75.6 Å². The molecular formula is C11H21NO4. The zero-order chi connectivity index (χ0) is 12.9. The van der Waals surface area contributed by atoms with E-state index in [1.807, 2.05) is 6.92 Å². The van der Waals surface area contributed by atoms with Crippen molar-refractivity contribution >= 4 is 12.1 Å². The average molecular weight is 231 g/mol. The highest BCUT2D eigenvalue weighted by atomic mass is 16.6. The number of hydrogen-bond acceptors (Lipinski definition) is 3. The first-order valence-corrected chi connectivity index (χ1v) is 5.39. The molecule has 0 aromatic carbocycles. The molecule has 0 aliphatic heterocycles. The molecule has 0 spiro atoms. The van der Waals surface area contributed by atoms with Gasteiger partial charge >= 0.3 is 12.1 Å². The number of rotatable bonds is 4. The molecule has 94 valence electrons. The van der Waals surface area contributed by atoms with Crippen molar-refractivity contribution in [1.82, 2.24) is 5.32 Å². The standard InChI is InChI=1S/C11H21NO4/c1-6-7(2)8(9(13)14)12-10(15)16-11(3,4)5/h7-8H,6H2,1-5H3,(H,12,15)(H,13,14)/t7?,8-/m1/s1. The van der Waals surface area contributed by atoms with Gasteiger partial charge < -0.3 is 15.2 Å². The maximum absolute atomic E-state index is 11.4. The summed E-state index contributed by atoms with van der Waals surface area (Å²) in [5, 5.41) is 11.3. The molecule has 0 rings (SSSR count). The Labute approximate surface area is 96.2 Å². The Morgan fingerprint density at radius 1 is 1.38 bits per heavy atom. The summed E-state index contributed by atoms with van der Waals surface area (Å²) in [4.78, 5) is 22.3. The van der Waals surface area contributed by atoms with Crippen molar-refractivity contribution in [3.8, 4) is 0 Å². The van der Waals surface area contributed by atoms with Crippen LogP contribution in [0, 0.1) is 5.92 Å². The molecule has 0 radical (unpaired) electrons. The summed E-state index contributed by atoms with van der Waals surface area (Å²) in [6, 6.07) is -0.903. The van der Waals surface area contributed by atoms with Gasteiger partial charge in [0, 0.05) is 0 Å². The number of ether oxygens (including phenoxy) is 1. The van der Waals surface area contributed by atoms with Crippen molar-refractivity contribution in [2.75, 3.05) is 0 Å². The summed E-state index contributed by atoms with van der Waals surface area (Å²) < 4.78 is 5.00. The van der Waals surface area contributed by atoms with Crippen LogP contribution >= 0.6 is 0 Å². The van der Waals surface area contributed by atoms with Gasteiger partial charge in [0.15, 0.2) is 0 Å². The molecular weight excluding hydrogens is 210 g/mol. The minimum Gasteiger partial charge on any atom is -0.480 e. The Morgan fingerprint density at radius 3 is 2.19 bits per heavy atom. The summed E-state index contributed by atoms with van der Waals surface area (Å²) in [5.74, 6) is -1.18. The van der Waals surface area contributed by atoms with Crippen LogP contribution in [0.1, 0.15) is 41.0 Å². The predicted molar refractivity (Wildman–Crippen MR) is 60.2 cm³/mol. The maximum atomic E-state index is 11.4. The minimum absolute atomic E-state index is 0.134. The van der Waals surface area contributed by atoms with Crippen LogP contribution in [0.25, 0.3) is 0 Å². The lowest BCUT2D eigenvalue weighted by Gasteiger charge is -2.24. The molecule has 0 saturated heterocycles. The second-order valence-corrected chi connectivity index (χ2v) is 4.85. The van der Waals surface area contributed by atoms with Gasteiger partial charge in [-0.3, -0.25) is 0 Å². The lowest BCUT2D eigenvalue weighted by Crippen LogP contribution is -2.46. The largest absolute Gasteiger partial charge is 0.480 e. The fourth-order valence-electron chi connectivity index (χ4n) is 1.12. The van der Waals surface area contributed by atoms with Crippen LogP contribution in [0.3, 0.4) is 0 Å². The second-order valence-electron chi connectivity index (χ2n) is 4.85. The summed E-state index contributed by atoms with van der Waals surface area (Å²) in [6.07, 6.45) is -0.0209. The number of aliphatic carboxylic acids is 1. The average Bonchev–Trinajstić information content (AvgIpc) is 2.09. The molecule has 2 atom stereocenters. The van der Waals surface area contributed by atoms with Gasteiger partial charge in [0.1, 0.15) is 11.6 Å². The highest BCUT2D eigenvalue weighted by Crippen LogP contribution is 2.11. The molecule has 1 unspecified atom stereocenters. The number of amides is 1. The van der Waals surface area contributed by atoms with E-state index in [2.05, 4.69) is 5.32 Å². The Morgan fingerprint density at radius 2 is 1.88 bits per heavy atom. The predicted octanol–water partition coefficient (Wildman–Crippen LogP) is 2.01. The van der Waals surface area contributed by atoms with Gasteiger partial charge in [0.25, 0.3) is 0 Å². The van der Waals surface area contributed by atoms with Gasteiger partial charge in [0.05, 0.1) is 0 Å². The zero-order valence-corrected chi connectivity index (χ0v) is 10.5. The molecule has 0 aliphatic rings. The third-order valence-corrected chi connectivity index (χ3v) is 2.15. The van der Waals surface area contributed by atoms with E-state index in [0.29, 0.717) is 6.42 Å². The molecule has 0 aromatic rings. The summed E-state index contributed by atoms with van der Waals surface area (Å²) in [7, 11) is 0. The fraction of sp³-hybridized carbons (Fsp3) is 0.818. The van der Waals surface area contributed by atoms with Crippen molar-refractivity contribution in [2.45, 2.75) is 52.7 Å². The molecule has 0 bridgehead atoms. The van der Waals surface area contributed by atoms with E-state index >= 15 is 0 Å². The van der Waals surface area contributed by atoms with Crippen LogP contribution in [0.2, 0.25) is 0 Å². The van der Waals surface area contributed by atoms with E-state index < -0.39 is 23.7 Å². The normalized spacial score (nSPS) is 15.1. The molecule has 5 heteroatoms. The molecule has 1 amide bonds. The van der Waals surface area contributed by atoms with E-state index in [4.69, 9.17) is 9.84 Å². The third kappa shape index (κ3) is 5.58. The van der Waals surface area contributed by atoms with Crippen molar-refractivity contribution in [2.24, 2.45) is 5.92 Å². The van der Waals surface area contributed by atoms with Crippen molar-refractivity contribution in [3.63, 3.8) is 0 Å². The molecule has 2 N–H and O–H groups in total. The van der Waals surface area contributed by atoms with Crippen LogP contribution in [0.4, 0.5) is 4.79 Å². The first-order chi connectivity index (χ1) is 7.17. The number of carbonyl (C=O) groups is 2.